The van der Waals surface area contributed by atoms with Gasteiger partial charge in [0.2, 0.25) is 0 Å². The Morgan fingerprint density at radius 1 is 0.731 bits per heavy atom. The van der Waals surface area contributed by atoms with Crippen LogP contribution in [0.4, 0.5) is 0 Å². The summed E-state index contributed by atoms with van der Waals surface area (Å²) in [4.78, 5) is 14.1. The van der Waals surface area contributed by atoms with Crippen LogP contribution in [0.25, 0.3) is 0 Å². The van der Waals surface area contributed by atoms with Crippen molar-refractivity contribution < 1.29 is 49.5 Å². The van der Waals surface area contributed by atoms with Crippen LogP contribution in [0.15, 0.2) is 0 Å². The fourth-order valence-electron chi connectivity index (χ4n) is 1.77. The summed E-state index contributed by atoms with van der Waals surface area (Å²) in [5.74, 6) is -0.526. The number of unbranched alkanes of at least 4 members (excludes halogenated alkanes) is 8. The first-order chi connectivity index (χ1) is 12.0. The van der Waals surface area contributed by atoms with E-state index in [1.165, 1.54) is 32.1 Å². The van der Waals surface area contributed by atoms with Crippen LogP contribution in [0.1, 0.15) is 64.2 Å². The minimum atomic E-state index is -5.02. The molecule has 0 aromatic carbocycles. The number of nitrogens with two attached hydrogens (primary N) is 1. The number of hydrogen-bond donors (Lipinski definition) is 4. The zero-order valence-corrected chi connectivity index (χ0v) is 15.9. The molecule has 12 nitrogen and oxygen atoms in total. The predicted octanol–water partition coefficient (Wildman–Crippen LogP) is 1.40. The van der Waals surface area contributed by atoms with Crippen molar-refractivity contribution in [3.05, 3.63) is 0 Å². The highest BCUT2D eigenvalue weighted by atomic mass is 32.3. The Balaban J connectivity index is 0. The van der Waals surface area contributed by atoms with E-state index in [1.807, 2.05) is 0 Å². The maximum Gasteiger partial charge on any atom is 0.425 e. The third-order valence-electron chi connectivity index (χ3n) is 2.89. The molecule has 0 amide bonds. The number of carbonyl (C=O) groups is 1. The second kappa shape index (κ2) is 16.3. The maximum atomic E-state index is 10.6. The Bertz CT molecular complexity index is 516. The first-order valence-corrected chi connectivity index (χ1v) is 10.6. The molecule has 0 spiro atoms. The van der Waals surface area contributed by atoms with Gasteiger partial charge in [-0.15, -0.1) is 0 Å². The molecular weight excluding hydrogens is 398 g/mol. The summed E-state index contributed by atoms with van der Waals surface area (Å²) in [6, 6.07) is 0. The number of rotatable bonds is 14. The van der Waals surface area contributed by atoms with Crippen molar-refractivity contribution in [3.8, 4) is 0 Å². The van der Waals surface area contributed by atoms with Crippen LogP contribution < -0.4 is 5.73 Å². The second-order valence-corrected chi connectivity index (χ2v) is 7.16. The summed E-state index contributed by atoms with van der Waals surface area (Å²) in [6.45, 7) is 0.807. The van der Waals surface area contributed by atoms with Gasteiger partial charge in [0, 0.05) is 6.42 Å². The Morgan fingerprint density at radius 3 is 1.38 bits per heavy atom. The minimum Gasteiger partial charge on any atom is -0.330 e. The van der Waals surface area contributed by atoms with E-state index < -0.39 is 26.8 Å². The summed E-state index contributed by atoms with van der Waals surface area (Å²) in [6.07, 6.45) is 10.8. The highest BCUT2D eigenvalue weighted by molar-refractivity contribution is 7.83. The third-order valence-corrected chi connectivity index (χ3v) is 3.45. The molecule has 0 radical (unpaired) electrons. The SMILES string of the molecule is NCCCCCCCCCCCC(=O)OO.O=S(=O)(O)OOS(=O)(=O)O. The van der Waals surface area contributed by atoms with Crippen LogP contribution >= 0.6 is 0 Å². The molecule has 0 heterocycles. The molecule has 0 saturated heterocycles. The molecule has 14 heteroatoms. The van der Waals surface area contributed by atoms with Gasteiger partial charge in [-0.1, -0.05) is 53.6 Å². The van der Waals surface area contributed by atoms with Crippen molar-refractivity contribution in [2.45, 2.75) is 64.2 Å². The Morgan fingerprint density at radius 2 is 1.08 bits per heavy atom. The van der Waals surface area contributed by atoms with Gasteiger partial charge in [0.25, 0.3) is 0 Å². The van der Waals surface area contributed by atoms with Crippen LogP contribution in [0.2, 0.25) is 0 Å². The standard InChI is InChI=1S/C12H25NO3.H2O8S2/c13-11-9-7-5-3-1-2-4-6-8-10-12(14)16-15;1-9(2,3)7-8-10(4,5)6/h15H,1-11,13H2;(H,1,2,3)(H,4,5,6). The molecule has 0 unspecified atom stereocenters. The summed E-state index contributed by atoms with van der Waals surface area (Å²) in [5.41, 5.74) is 5.40. The smallest absolute Gasteiger partial charge is 0.330 e. The monoisotopic (exact) mass is 425 g/mol. The lowest BCUT2D eigenvalue weighted by Gasteiger charge is -2.01. The molecule has 0 aromatic rings. The zero-order chi connectivity index (χ0) is 20.5. The molecule has 158 valence electrons. The van der Waals surface area contributed by atoms with E-state index >= 15 is 0 Å². The lowest BCUT2D eigenvalue weighted by Crippen LogP contribution is -2.10. The lowest BCUT2D eigenvalue weighted by atomic mass is 10.1. The fourth-order valence-corrected chi connectivity index (χ4v) is 2.33. The van der Waals surface area contributed by atoms with Gasteiger partial charge in [-0.25, -0.2) is 4.79 Å². The van der Waals surface area contributed by atoms with Crippen molar-refractivity contribution in [2.24, 2.45) is 5.73 Å². The highest BCUT2D eigenvalue weighted by Gasteiger charge is 2.13. The molecule has 0 fully saturated rings. The van der Waals surface area contributed by atoms with Gasteiger partial charge in [0.05, 0.1) is 0 Å². The molecule has 5 N–H and O–H groups in total. The predicted molar refractivity (Wildman–Crippen MR) is 89.2 cm³/mol. The lowest BCUT2D eigenvalue weighted by molar-refractivity contribution is -0.234. The van der Waals surface area contributed by atoms with Gasteiger partial charge in [0.15, 0.2) is 0 Å². The van der Waals surface area contributed by atoms with E-state index in [2.05, 4.69) is 13.6 Å². The summed E-state index contributed by atoms with van der Waals surface area (Å²) >= 11 is 0. The quantitative estimate of drug-likeness (QED) is 0.135. The molecule has 0 atom stereocenters. The minimum absolute atomic E-state index is 0.326. The average Bonchev–Trinajstić information content (AvgIpc) is 2.54. The van der Waals surface area contributed by atoms with E-state index in [4.69, 9.17) is 20.1 Å². The molecule has 0 aromatic heterocycles. The van der Waals surface area contributed by atoms with Gasteiger partial charge in [-0.05, 0) is 19.4 Å². The van der Waals surface area contributed by atoms with Gasteiger partial charge >= 0.3 is 26.8 Å². The first kappa shape index (κ1) is 27.3. The van der Waals surface area contributed by atoms with E-state index in [-0.39, 0.29) is 0 Å². The Hall–Kier alpha value is -0.870. The van der Waals surface area contributed by atoms with Crippen LogP contribution in [0, 0.1) is 0 Å². The van der Waals surface area contributed by atoms with Crippen molar-refractivity contribution in [2.75, 3.05) is 6.54 Å². The molecule has 0 saturated carbocycles. The Kier molecular flexibility index (Phi) is 17.2. The molecule has 0 rings (SSSR count). The number of carbonyl (C=O) groups excluding carboxylic acids is 1. The summed E-state index contributed by atoms with van der Waals surface area (Å²) in [7, 11) is -10.0. The summed E-state index contributed by atoms with van der Waals surface area (Å²) in [5, 5.41) is 8.02. The fraction of sp³-hybridized carbons (Fsp3) is 0.917. The van der Waals surface area contributed by atoms with Crippen molar-refractivity contribution >= 4 is 26.8 Å². The molecule has 0 bridgehead atoms. The van der Waals surface area contributed by atoms with E-state index in [9.17, 15) is 21.6 Å². The average molecular weight is 425 g/mol. The second-order valence-electron chi connectivity index (χ2n) is 5.18. The van der Waals surface area contributed by atoms with Gasteiger partial charge in [-0.2, -0.15) is 22.1 Å². The van der Waals surface area contributed by atoms with Crippen LogP contribution in [-0.4, -0.2) is 43.7 Å². The van der Waals surface area contributed by atoms with Crippen LogP contribution in [-0.2, 0) is 39.1 Å². The van der Waals surface area contributed by atoms with E-state index in [0.717, 1.165) is 32.2 Å². The molecule has 26 heavy (non-hydrogen) atoms. The maximum absolute atomic E-state index is 10.6. The van der Waals surface area contributed by atoms with Crippen molar-refractivity contribution in [1.82, 2.24) is 0 Å². The molecule has 0 aliphatic carbocycles. The molecular formula is C12H27NO11S2. The number of hydrogen-bond acceptors (Lipinski definition) is 10. The summed E-state index contributed by atoms with van der Waals surface area (Å²) < 4.78 is 58.9. The van der Waals surface area contributed by atoms with Gasteiger partial charge in [-0.3, -0.25) is 9.11 Å². The largest absolute Gasteiger partial charge is 0.425 e. The first-order valence-electron chi connectivity index (χ1n) is 7.88. The van der Waals surface area contributed by atoms with E-state index in [1.54, 1.807) is 0 Å². The zero-order valence-electron chi connectivity index (χ0n) is 14.3. The van der Waals surface area contributed by atoms with E-state index in [0.29, 0.717) is 6.42 Å². The van der Waals surface area contributed by atoms with Gasteiger partial charge < -0.3 is 10.6 Å². The Labute approximate surface area is 153 Å². The van der Waals surface area contributed by atoms with Crippen molar-refractivity contribution in [1.29, 1.82) is 0 Å². The topological polar surface area (TPSA) is 200 Å². The highest BCUT2D eigenvalue weighted by Crippen LogP contribution is 2.10. The van der Waals surface area contributed by atoms with Crippen LogP contribution in [0.3, 0.4) is 0 Å². The van der Waals surface area contributed by atoms with Crippen LogP contribution in [0.5, 0.6) is 0 Å². The molecule has 0 aliphatic heterocycles. The van der Waals surface area contributed by atoms with Crippen molar-refractivity contribution in [3.63, 3.8) is 0 Å². The molecule has 0 aliphatic rings. The normalized spacial score (nSPS) is 11.5. The third kappa shape index (κ3) is 28.0. The van der Waals surface area contributed by atoms with Gasteiger partial charge in [0.1, 0.15) is 0 Å².